The van der Waals surface area contributed by atoms with E-state index in [1.54, 1.807) is 0 Å². The van der Waals surface area contributed by atoms with E-state index >= 15 is 0 Å². The number of rotatable bonds is 3. The zero-order valence-corrected chi connectivity index (χ0v) is 6.21. The van der Waals surface area contributed by atoms with Crippen molar-refractivity contribution in [1.29, 1.82) is 0 Å². The second-order valence-electron chi connectivity index (χ2n) is 1.79. The fourth-order valence-corrected chi connectivity index (χ4v) is 0.824. The topological polar surface area (TPSA) is 92.4 Å². The molecule has 1 aromatic rings. The van der Waals surface area contributed by atoms with Crippen LogP contribution in [0, 0.1) is 0 Å². The summed E-state index contributed by atoms with van der Waals surface area (Å²) in [4.78, 5) is 0. The molecule has 0 aliphatic heterocycles. The molecule has 2 N–H and O–H groups in total. The second kappa shape index (κ2) is 2.99. The van der Waals surface area contributed by atoms with Crippen LogP contribution in [0.3, 0.4) is 0 Å². The van der Waals surface area contributed by atoms with Crippen molar-refractivity contribution in [2.45, 2.75) is 6.54 Å². The van der Waals surface area contributed by atoms with Crippen LogP contribution >= 0.6 is 0 Å². The minimum Gasteiger partial charge on any atom is -0.364 e. The van der Waals surface area contributed by atoms with Crippen molar-refractivity contribution in [2.24, 2.45) is 0 Å². The van der Waals surface area contributed by atoms with Gasteiger partial charge in [0.15, 0.2) is 0 Å². The van der Waals surface area contributed by atoms with Crippen LogP contribution in [-0.2, 0) is 16.8 Å². The third-order valence-electron chi connectivity index (χ3n) is 0.927. The van der Waals surface area contributed by atoms with Crippen LogP contribution in [0.5, 0.6) is 0 Å². The van der Waals surface area contributed by atoms with Crippen LogP contribution in [0.1, 0.15) is 5.69 Å². The molecule has 0 radical (unpaired) electrons. The molecule has 0 aliphatic carbocycles. The molecule has 1 rings (SSSR count). The number of hydrogen-bond acceptors (Lipinski definition) is 4. The van der Waals surface area contributed by atoms with Gasteiger partial charge in [0, 0.05) is 6.07 Å². The van der Waals surface area contributed by atoms with Crippen LogP contribution in [-0.4, -0.2) is 18.1 Å². The summed E-state index contributed by atoms with van der Waals surface area (Å²) in [6.45, 7) is -0.0741. The van der Waals surface area contributed by atoms with Crippen LogP contribution < -0.4 is 4.72 Å². The van der Waals surface area contributed by atoms with Gasteiger partial charge in [0.2, 0.25) is 0 Å². The molecule has 0 bridgehead atoms. The standard InChI is InChI=1S/C4H6N2O4S/c7-11(8,9)5-3-4-1-2-10-6-4/h1-2,5H,3H2,(H,7,8,9). The summed E-state index contributed by atoms with van der Waals surface area (Å²) in [5, 5.41) is 3.41. The maximum absolute atomic E-state index is 10.1. The van der Waals surface area contributed by atoms with Crippen molar-refractivity contribution in [2.75, 3.05) is 0 Å². The van der Waals surface area contributed by atoms with Gasteiger partial charge in [-0.25, -0.2) is 0 Å². The maximum Gasteiger partial charge on any atom is 0.333 e. The lowest BCUT2D eigenvalue weighted by Gasteiger charge is -1.94. The molecule has 0 aliphatic rings. The van der Waals surface area contributed by atoms with Gasteiger partial charge in [0.05, 0.1) is 12.2 Å². The molecule has 11 heavy (non-hydrogen) atoms. The Kier molecular flexibility index (Phi) is 2.22. The Morgan fingerprint density at radius 3 is 2.91 bits per heavy atom. The van der Waals surface area contributed by atoms with Gasteiger partial charge in [0.1, 0.15) is 6.26 Å². The molecule has 0 unspecified atom stereocenters. The lowest BCUT2D eigenvalue weighted by Crippen LogP contribution is -2.21. The van der Waals surface area contributed by atoms with Crippen molar-refractivity contribution in [3.63, 3.8) is 0 Å². The Hall–Kier alpha value is -0.920. The van der Waals surface area contributed by atoms with Crippen molar-refractivity contribution >= 4 is 10.3 Å². The summed E-state index contributed by atoms with van der Waals surface area (Å²) in [6.07, 6.45) is 1.31. The van der Waals surface area contributed by atoms with Crippen molar-refractivity contribution in [3.05, 3.63) is 18.0 Å². The normalized spacial score (nSPS) is 11.7. The SMILES string of the molecule is O=S(=O)(O)NCc1ccon1. The predicted octanol–water partition coefficient (Wildman–Crippen LogP) is -0.433. The van der Waals surface area contributed by atoms with Crippen molar-refractivity contribution in [1.82, 2.24) is 9.88 Å². The van der Waals surface area contributed by atoms with E-state index < -0.39 is 10.3 Å². The molecule has 0 saturated heterocycles. The molecule has 7 heteroatoms. The van der Waals surface area contributed by atoms with Gasteiger partial charge in [-0.1, -0.05) is 5.16 Å². The first-order chi connectivity index (χ1) is 5.08. The molecule has 6 nitrogen and oxygen atoms in total. The Morgan fingerprint density at radius 1 is 1.73 bits per heavy atom. The Bertz CT molecular complexity index is 303. The number of aromatic nitrogens is 1. The molecule has 62 valence electrons. The van der Waals surface area contributed by atoms with E-state index in [1.807, 2.05) is 4.72 Å². The van der Waals surface area contributed by atoms with Crippen LogP contribution in [0.2, 0.25) is 0 Å². The van der Waals surface area contributed by atoms with E-state index in [4.69, 9.17) is 4.55 Å². The Morgan fingerprint density at radius 2 is 2.45 bits per heavy atom. The summed E-state index contributed by atoms with van der Waals surface area (Å²) >= 11 is 0. The van der Waals surface area contributed by atoms with E-state index in [0.29, 0.717) is 5.69 Å². The van der Waals surface area contributed by atoms with Crippen LogP contribution in [0.25, 0.3) is 0 Å². The average molecular weight is 178 g/mol. The molecule has 1 heterocycles. The predicted molar refractivity (Wildman–Crippen MR) is 34.9 cm³/mol. The highest BCUT2D eigenvalue weighted by molar-refractivity contribution is 7.83. The Labute approximate surface area is 63.1 Å². The monoisotopic (exact) mass is 178 g/mol. The highest BCUT2D eigenvalue weighted by Gasteiger charge is 2.03. The van der Waals surface area contributed by atoms with Gasteiger partial charge in [-0.05, 0) is 0 Å². The van der Waals surface area contributed by atoms with Gasteiger partial charge in [-0.2, -0.15) is 13.1 Å². The largest absolute Gasteiger partial charge is 0.364 e. The van der Waals surface area contributed by atoms with Gasteiger partial charge < -0.3 is 4.52 Å². The first-order valence-electron chi connectivity index (χ1n) is 2.69. The smallest absolute Gasteiger partial charge is 0.333 e. The minimum atomic E-state index is -4.13. The number of hydrogen-bond donors (Lipinski definition) is 2. The molecule has 0 saturated carbocycles. The van der Waals surface area contributed by atoms with Crippen LogP contribution in [0.15, 0.2) is 16.9 Å². The quantitative estimate of drug-likeness (QED) is 0.612. The molecule has 0 spiro atoms. The second-order valence-corrected chi connectivity index (χ2v) is 3.03. The fraction of sp³-hybridized carbons (Fsp3) is 0.250. The third kappa shape index (κ3) is 3.12. The van der Waals surface area contributed by atoms with Crippen molar-refractivity contribution in [3.8, 4) is 0 Å². The zero-order valence-electron chi connectivity index (χ0n) is 5.39. The van der Waals surface area contributed by atoms with E-state index in [9.17, 15) is 8.42 Å². The molecular weight excluding hydrogens is 172 g/mol. The zero-order chi connectivity index (χ0) is 8.32. The molecule has 1 aromatic heterocycles. The van der Waals surface area contributed by atoms with Gasteiger partial charge in [-0.3, -0.25) is 4.55 Å². The molecule has 0 atom stereocenters. The summed E-state index contributed by atoms with van der Waals surface area (Å²) in [5.41, 5.74) is 0.405. The summed E-state index contributed by atoms with van der Waals surface area (Å²) < 4.78 is 34.7. The number of nitrogens with one attached hydrogen (secondary N) is 1. The first-order valence-corrected chi connectivity index (χ1v) is 4.13. The van der Waals surface area contributed by atoms with Gasteiger partial charge in [-0.15, -0.1) is 0 Å². The van der Waals surface area contributed by atoms with Crippen molar-refractivity contribution < 1.29 is 17.5 Å². The summed E-state index contributed by atoms with van der Waals surface area (Å²) in [5.74, 6) is 0. The fourth-order valence-electron chi connectivity index (χ4n) is 0.494. The van der Waals surface area contributed by atoms with Crippen LogP contribution in [0.4, 0.5) is 0 Å². The minimum absolute atomic E-state index is 0.0741. The van der Waals surface area contributed by atoms with Gasteiger partial charge >= 0.3 is 10.3 Å². The van der Waals surface area contributed by atoms with E-state index in [1.165, 1.54) is 12.3 Å². The summed E-state index contributed by atoms with van der Waals surface area (Å²) in [7, 11) is -4.13. The molecule has 0 aromatic carbocycles. The lowest BCUT2D eigenvalue weighted by molar-refractivity contribution is 0.409. The molecule has 0 fully saturated rings. The van der Waals surface area contributed by atoms with Gasteiger partial charge in [0.25, 0.3) is 0 Å². The van der Waals surface area contributed by atoms with E-state index in [0.717, 1.165) is 0 Å². The number of nitrogens with zero attached hydrogens (tertiary/aromatic N) is 1. The highest BCUT2D eigenvalue weighted by atomic mass is 32.2. The molecular formula is C4H6N2O4S. The molecule has 0 amide bonds. The maximum atomic E-state index is 10.1. The Balaban J connectivity index is 2.48. The lowest BCUT2D eigenvalue weighted by atomic mass is 10.5. The average Bonchev–Trinajstić information content (AvgIpc) is 2.32. The first kappa shape index (κ1) is 8.18. The highest BCUT2D eigenvalue weighted by Crippen LogP contribution is 1.93. The third-order valence-corrected chi connectivity index (χ3v) is 1.44. The summed E-state index contributed by atoms with van der Waals surface area (Å²) in [6, 6.07) is 1.48. The van der Waals surface area contributed by atoms with E-state index in [-0.39, 0.29) is 6.54 Å². The van der Waals surface area contributed by atoms with E-state index in [2.05, 4.69) is 9.68 Å².